The number of ketones is 1. The van der Waals surface area contributed by atoms with Crippen LogP contribution in [0, 0.1) is 0 Å². The summed E-state index contributed by atoms with van der Waals surface area (Å²) >= 11 is 5.94. The first kappa shape index (κ1) is 15.9. The number of phenols is 1. The van der Waals surface area contributed by atoms with Gasteiger partial charge in [0, 0.05) is 5.56 Å². The molecule has 0 atom stereocenters. The highest BCUT2D eigenvalue weighted by molar-refractivity contribution is 6.32. The Balaban J connectivity index is 2.00. The van der Waals surface area contributed by atoms with Gasteiger partial charge in [-0.15, -0.1) is 0 Å². The van der Waals surface area contributed by atoms with Crippen molar-refractivity contribution < 1.29 is 24.2 Å². The van der Waals surface area contributed by atoms with Gasteiger partial charge >= 0.3 is 5.97 Å². The van der Waals surface area contributed by atoms with Crippen LogP contribution in [0.3, 0.4) is 0 Å². The van der Waals surface area contributed by atoms with Crippen LogP contribution in [0.5, 0.6) is 11.5 Å². The molecule has 2 aromatic carbocycles. The van der Waals surface area contributed by atoms with Crippen LogP contribution in [0.1, 0.15) is 20.7 Å². The van der Waals surface area contributed by atoms with E-state index in [4.69, 9.17) is 21.1 Å². The van der Waals surface area contributed by atoms with Crippen molar-refractivity contribution in [2.24, 2.45) is 0 Å². The number of esters is 1. The molecule has 0 bridgehead atoms. The number of methoxy groups -OCH3 is 1. The average Bonchev–Trinajstić information content (AvgIpc) is 2.52. The van der Waals surface area contributed by atoms with Crippen molar-refractivity contribution >= 4 is 23.4 Å². The number of ether oxygens (including phenoxy) is 2. The molecule has 0 fully saturated rings. The Morgan fingerprint density at radius 3 is 2.55 bits per heavy atom. The van der Waals surface area contributed by atoms with E-state index >= 15 is 0 Å². The second-order valence-electron chi connectivity index (χ2n) is 4.40. The maximum absolute atomic E-state index is 12.0. The number of rotatable bonds is 5. The van der Waals surface area contributed by atoms with E-state index in [1.807, 2.05) is 0 Å². The number of Topliss-reactive ketones (excluding diaryl/α,β-unsaturated/α-hetero) is 1. The Morgan fingerprint density at radius 1 is 1.14 bits per heavy atom. The van der Waals surface area contributed by atoms with Crippen molar-refractivity contribution in [1.82, 2.24) is 0 Å². The van der Waals surface area contributed by atoms with E-state index in [0.717, 1.165) is 0 Å². The fourth-order valence-electron chi connectivity index (χ4n) is 1.77. The number of hydrogen-bond donors (Lipinski definition) is 1. The van der Waals surface area contributed by atoms with E-state index in [-0.39, 0.29) is 11.3 Å². The molecule has 0 aliphatic carbocycles. The molecule has 114 valence electrons. The third kappa shape index (κ3) is 3.77. The molecule has 0 spiro atoms. The van der Waals surface area contributed by atoms with Gasteiger partial charge in [0.2, 0.25) is 0 Å². The normalized spacial score (nSPS) is 10.1. The maximum atomic E-state index is 12.0. The number of aromatic hydroxyl groups is 1. The zero-order valence-corrected chi connectivity index (χ0v) is 12.5. The molecule has 1 N–H and O–H groups in total. The predicted molar refractivity (Wildman–Crippen MR) is 80.7 cm³/mol. The summed E-state index contributed by atoms with van der Waals surface area (Å²) in [4.78, 5) is 23.7. The standard InChI is InChI=1S/C16H13ClO5/c1-21-15-6-5-10(8-13(15)17)14(19)9-22-16(20)11-3-2-4-12(18)7-11/h2-8,18H,9H2,1H3. The van der Waals surface area contributed by atoms with Gasteiger partial charge in [0.1, 0.15) is 11.5 Å². The largest absolute Gasteiger partial charge is 0.508 e. The molecule has 2 rings (SSSR count). The van der Waals surface area contributed by atoms with Gasteiger partial charge in [-0.2, -0.15) is 0 Å². The van der Waals surface area contributed by atoms with Crippen LogP contribution in [0.25, 0.3) is 0 Å². The summed E-state index contributed by atoms with van der Waals surface area (Å²) in [6.45, 7) is -0.419. The fraction of sp³-hybridized carbons (Fsp3) is 0.125. The first-order chi connectivity index (χ1) is 10.5. The van der Waals surface area contributed by atoms with Crippen LogP contribution in [-0.4, -0.2) is 30.6 Å². The van der Waals surface area contributed by atoms with Crippen LogP contribution in [0.4, 0.5) is 0 Å². The monoisotopic (exact) mass is 320 g/mol. The van der Waals surface area contributed by atoms with Gasteiger partial charge < -0.3 is 14.6 Å². The van der Waals surface area contributed by atoms with E-state index in [1.54, 1.807) is 6.07 Å². The zero-order chi connectivity index (χ0) is 16.1. The Kier molecular flexibility index (Phi) is 5.01. The van der Waals surface area contributed by atoms with E-state index in [2.05, 4.69) is 0 Å². The third-order valence-electron chi connectivity index (χ3n) is 2.89. The average molecular weight is 321 g/mol. The molecule has 0 radical (unpaired) electrons. The van der Waals surface area contributed by atoms with Crippen LogP contribution < -0.4 is 4.74 Å². The molecule has 0 heterocycles. The molecule has 2 aromatic rings. The van der Waals surface area contributed by atoms with Gasteiger partial charge in [-0.3, -0.25) is 4.79 Å². The molecule has 5 nitrogen and oxygen atoms in total. The number of phenolic OH excluding ortho intramolecular Hbond substituents is 1. The van der Waals surface area contributed by atoms with E-state index < -0.39 is 18.4 Å². The molecule has 6 heteroatoms. The zero-order valence-electron chi connectivity index (χ0n) is 11.7. The molecule has 0 aliphatic rings. The molecule has 0 saturated carbocycles. The van der Waals surface area contributed by atoms with Gasteiger partial charge in [-0.1, -0.05) is 17.7 Å². The summed E-state index contributed by atoms with van der Waals surface area (Å²) in [5.74, 6) is -0.681. The van der Waals surface area contributed by atoms with Crippen molar-refractivity contribution in [3.05, 3.63) is 58.6 Å². The quantitative estimate of drug-likeness (QED) is 0.677. The number of halogens is 1. The highest BCUT2D eigenvalue weighted by atomic mass is 35.5. The Hall–Kier alpha value is -2.53. The lowest BCUT2D eigenvalue weighted by Gasteiger charge is -2.07. The van der Waals surface area contributed by atoms with Crippen LogP contribution in [0.15, 0.2) is 42.5 Å². The van der Waals surface area contributed by atoms with Crippen molar-refractivity contribution in [2.45, 2.75) is 0 Å². The van der Waals surface area contributed by atoms with Crippen LogP contribution >= 0.6 is 11.6 Å². The Bertz CT molecular complexity index is 711. The van der Waals surface area contributed by atoms with Crippen molar-refractivity contribution in [2.75, 3.05) is 13.7 Å². The predicted octanol–water partition coefficient (Wildman–Crippen LogP) is 3.09. The second-order valence-corrected chi connectivity index (χ2v) is 4.81. The summed E-state index contributed by atoms with van der Waals surface area (Å²) < 4.78 is 9.92. The third-order valence-corrected chi connectivity index (χ3v) is 3.19. The summed E-state index contributed by atoms with van der Waals surface area (Å²) in [5.41, 5.74) is 0.482. The van der Waals surface area contributed by atoms with E-state index in [9.17, 15) is 14.7 Å². The highest BCUT2D eigenvalue weighted by Gasteiger charge is 2.13. The van der Waals surface area contributed by atoms with Gasteiger partial charge in [0.25, 0.3) is 0 Å². The number of benzene rings is 2. The first-order valence-corrected chi connectivity index (χ1v) is 6.72. The molecular weight excluding hydrogens is 308 g/mol. The summed E-state index contributed by atoms with van der Waals surface area (Å²) in [6.07, 6.45) is 0. The first-order valence-electron chi connectivity index (χ1n) is 6.34. The topological polar surface area (TPSA) is 72.8 Å². The van der Waals surface area contributed by atoms with Crippen LogP contribution in [0.2, 0.25) is 5.02 Å². The number of carbonyl (C=O) groups excluding carboxylic acids is 2. The lowest BCUT2D eigenvalue weighted by Crippen LogP contribution is -2.14. The smallest absolute Gasteiger partial charge is 0.338 e. The van der Waals surface area contributed by atoms with Gasteiger partial charge in [0.15, 0.2) is 12.4 Å². The van der Waals surface area contributed by atoms with Gasteiger partial charge in [-0.25, -0.2) is 4.79 Å². The minimum absolute atomic E-state index is 0.0530. The summed E-state index contributed by atoms with van der Waals surface area (Å²) in [6, 6.07) is 10.2. The molecule has 0 unspecified atom stereocenters. The lowest BCUT2D eigenvalue weighted by atomic mass is 10.1. The Labute approximate surface area is 132 Å². The SMILES string of the molecule is COc1ccc(C(=O)COC(=O)c2cccc(O)c2)cc1Cl. The van der Waals surface area contributed by atoms with Gasteiger partial charge in [0.05, 0.1) is 17.7 Å². The molecule has 0 saturated heterocycles. The van der Waals surface area contributed by atoms with Crippen molar-refractivity contribution in [3.63, 3.8) is 0 Å². The molecule has 22 heavy (non-hydrogen) atoms. The Morgan fingerprint density at radius 2 is 1.91 bits per heavy atom. The van der Waals surface area contributed by atoms with Crippen molar-refractivity contribution in [3.8, 4) is 11.5 Å². The number of hydrogen-bond acceptors (Lipinski definition) is 5. The fourth-order valence-corrected chi connectivity index (χ4v) is 2.03. The van der Waals surface area contributed by atoms with Gasteiger partial charge in [-0.05, 0) is 36.4 Å². The van der Waals surface area contributed by atoms with Crippen molar-refractivity contribution in [1.29, 1.82) is 0 Å². The lowest BCUT2D eigenvalue weighted by molar-refractivity contribution is 0.0474. The summed E-state index contributed by atoms with van der Waals surface area (Å²) in [5, 5.41) is 9.59. The highest BCUT2D eigenvalue weighted by Crippen LogP contribution is 2.25. The minimum Gasteiger partial charge on any atom is -0.508 e. The molecule has 0 aromatic heterocycles. The second kappa shape index (κ2) is 6.95. The van der Waals surface area contributed by atoms with Crippen LogP contribution in [-0.2, 0) is 4.74 Å². The van der Waals surface area contributed by atoms with E-state index in [0.29, 0.717) is 16.3 Å². The molecule has 0 amide bonds. The van der Waals surface area contributed by atoms with E-state index in [1.165, 1.54) is 43.5 Å². The maximum Gasteiger partial charge on any atom is 0.338 e. The summed E-state index contributed by atoms with van der Waals surface area (Å²) in [7, 11) is 1.47. The molecule has 0 aliphatic heterocycles. The molecular formula is C16H13ClO5. The minimum atomic E-state index is -0.691. The number of carbonyl (C=O) groups is 2.